The molecule has 15 heavy (non-hydrogen) atoms. The van der Waals surface area contributed by atoms with Gasteiger partial charge in [-0.3, -0.25) is 4.79 Å². The molecule has 0 bridgehead atoms. The lowest BCUT2D eigenvalue weighted by Crippen LogP contribution is -2.29. The topological polar surface area (TPSA) is 46.3 Å². The van der Waals surface area contributed by atoms with Gasteiger partial charge in [0.05, 0.1) is 0 Å². The minimum Gasteiger partial charge on any atom is -0.369 e. The zero-order valence-electron chi connectivity index (χ0n) is 10.3. The van der Waals surface area contributed by atoms with Crippen LogP contribution in [0.15, 0.2) is 0 Å². The predicted octanol–water partition coefficient (Wildman–Crippen LogP) is 1.57. The first-order chi connectivity index (χ1) is 7.02. The molecule has 0 aliphatic heterocycles. The van der Waals surface area contributed by atoms with Crippen LogP contribution in [0.25, 0.3) is 0 Å². The van der Waals surface area contributed by atoms with Crippen molar-refractivity contribution in [1.82, 2.24) is 4.90 Å². The number of amides is 1. The van der Waals surface area contributed by atoms with E-state index in [4.69, 9.17) is 5.73 Å². The van der Waals surface area contributed by atoms with Crippen LogP contribution in [0.1, 0.15) is 27.7 Å². The van der Waals surface area contributed by atoms with Crippen LogP contribution in [-0.2, 0) is 4.79 Å². The van der Waals surface area contributed by atoms with Crippen molar-refractivity contribution < 1.29 is 4.79 Å². The predicted molar refractivity (Wildman–Crippen MR) is 68.1 cm³/mol. The van der Waals surface area contributed by atoms with Crippen LogP contribution >= 0.6 is 11.8 Å². The molecule has 2 unspecified atom stereocenters. The lowest BCUT2D eigenvalue weighted by atomic mass is 10.1. The molecule has 1 amide bonds. The summed E-state index contributed by atoms with van der Waals surface area (Å²) in [4.78, 5) is 13.3. The zero-order chi connectivity index (χ0) is 11.8. The molecule has 0 aromatic carbocycles. The smallest absolute Gasteiger partial charge is 0.221 e. The van der Waals surface area contributed by atoms with Gasteiger partial charge in [-0.2, -0.15) is 11.8 Å². The normalized spacial score (nSPS) is 15.3. The van der Waals surface area contributed by atoms with Crippen molar-refractivity contribution in [3.8, 4) is 0 Å². The highest BCUT2D eigenvalue weighted by atomic mass is 32.2. The fourth-order valence-corrected chi connectivity index (χ4v) is 2.44. The molecule has 0 spiro atoms. The van der Waals surface area contributed by atoms with Crippen molar-refractivity contribution in [3.63, 3.8) is 0 Å². The van der Waals surface area contributed by atoms with Crippen molar-refractivity contribution >= 4 is 17.7 Å². The number of thioether (sulfide) groups is 1. The average molecular weight is 232 g/mol. The van der Waals surface area contributed by atoms with Gasteiger partial charge < -0.3 is 10.6 Å². The lowest BCUT2D eigenvalue weighted by molar-refractivity contribution is -0.121. The minimum absolute atomic E-state index is 0.0355. The summed E-state index contributed by atoms with van der Waals surface area (Å²) in [6.45, 7) is 11.6. The molecule has 0 aliphatic rings. The second-order valence-electron chi connectivity index (χ2n) is 3.79. The van der Waals surface area contributed by atoms with Crippen LogP contribution in [0.3, 0.4) is 0 Å². The summed E-state index contributed by atoms with van der Waals surface area (Å²) in [7, 11) is 0. The zero-order valence-corrected chi connectivity index (χ0v) is 11.1. The van der Waals surface area contributed by atoms with E-state index in [0.717, 1.165) is 25.4 Å². The van der Waals surface area contributed by atoms with E-state index in [1.165, 1.54) is 0 Å². The highest BCUT2D eigenvalue weighted by Gasteiger charge is 2.17. The number of carbonyl (C=O) groups excluding carboxylic acids is 1. The fourth-order valence-electron chi connectivity index (χ4n) is 1.28. The Bertz CT molecular complexity index is 183. The molecule has 0 aromatic heterocycles. The first-order valence-electron chi connectivity index (χ1n) is 5.66. The maximum Gasteiger partial charge on any atom is 0.221 e. The fraction of sp³-hybridized carbons (Fsp3) is 0.909. The Morgan fingerprint density at radius 1 is 1.33 bits per heavy atom. The number of hydrogen-bond acceptors (Lipinski definition) is 3. The van der Waals surface area contributed by atoms with Crippen molar-refractivity contribution in [2.45, 2.75) is 32.9 Å². The first-order valence-corrected chi connectivity index (χ1v) is 6.71. The summed E-state index contributed by atoms with van der Waals surface area (Å²) in [5, 5.41) is 0.318. The van der Waals surface area contributed by atoms with Crippen molar-refractivity contribution in [3.05, 3.63) is 0 Å². The van der Waals surface area contributed by atoms with E-state index in [0.29, 0.717) is 5.25 Å². The Morgan fingerprint density at radius 3 is 2.27 bits per heavy atom. The van der Waals surface area contributed by atoms with Gasteiger partial charge in [0.1, 0.15) is 0 Å². The van der Waals surface area contributed by atoms with E-state index >= 15 is 0 Å². The molecule has 0 aromatic rings. The molecule has 0 heterocycles. The summed E-state index contributed by atoms with van der Waals surface area (Å²) < 4.78 is 0. The molecule has 0 saturated heterocycles. The van der Waals surface area contributed by atoms with Gasteiger partial charge in [-0.25, -0.2) is 0 Å². The van der Waals surface area contributed by atoms with Crippen molar-refractivity contribution in [2.75, 3.05) is 25.4 Å². The summed E-state index contributed by atoms with van der Waals surface area (Å²) in [5.41, 5.74) is 5.26. The maximum atomic E-state index is 10.9. The second-order valence-corrected chi connectivity index (χ2v) is 5.28. The summed E-state index contributed by atoms with van der Waals surface area (Å²) in [6.07, 6.45) is 0. The molecule has 0 radical (unpaired) electrons. The molecule has 0 saturated carbocycles. The van der Waals surface area contributed by atoms with Crippen molar-refractivity contribution in [2.24, 2.45) is 11.7 Å². The summed E-state index contributed by atoms with van der Waals surface area (Å²) in [5.74, 6) is 0.838. The Morgan fingerprint density at radius 2 is 1.87 bits per heavy atom. The van der Waals surface area contributed by atoms with E-state index in [-0.39, 0.29) is 11.8 Å². The lowest BCUT2D eigenvalue weighted by Gasteiger charge is -2.20. The number of carbonyl (C=O) groups is 1. The third kappa shape index (κ3) is 6.05. The van der Waals surface area contributed by atoms with Gasteiger partial charge in [-0.05, 0) is 13.1 Å². The standard InChI is InChI=1S/C11H24N2OS/c1-5-13(6-2)7-8-15-10(4)9(3)11(12)14/h9-10H,5-8H2,1-4H3,(H2,12,14). The van der Waals surface area contributed by atoms with Crippen LogP contribution in [-0.4, -0.2) is 41.4 Å². The van der Waals surface area contributed by atoms with Crippen LogP contribution in [0, 0.1) is 5.92 Å². The monoisotopic (exact) mass is 232 g/mol. The Balaban J connectivity index is 3.71. The second kappa shape index (κ2) is 7.99. The van der Waals surface area contributed by atoms with Crippen LogP contribution in [0.5, 0.6) is 0 Å². The minimum atomic E-state index is -0.196. The van der Waals surface area contributed by atoms with Gasteiger partial charge in [0.25, 0.3) is 0 Å². The number of nitrogens with two attached hydrogens (primary N) is 1. The van der Waals surface area contributed by atoms with Gasteiger partial charge in [-0.1, -0.05) is 27.7 Å². The maximum absolute atomic E-state index is 10.9. The molecular weight excluding hydrogens is 208 g/mol. The van der Waals surface area contributed by atoms with E-state index in [1.807, 2.05) is 18.7 Å². The molecule has 90 valence electrons. The Kier molecular flexibility index (Phi) is 7.88. The van der Waals surface area contributed by atoms with Crippen molar-refractivity contribution in [1.29, 1.82) is 0 Å². The molecule has 0 fully saturated rings. The molecular formula is C11H24N2OS. The summed E-state index contributed by atoms with van der Waals surface area (Å²) in [6, 6.07) is 0. The third-order valence-corrected chi connectivity index (χ3v) is 4.19. The average Bonchev–Trinajstić information content (AvgIpc) is 2.22. The molecule has 4 heteroatoms. The largest absolute Gasteiger partial charge is 0.369 e. The van der Waals surface area contributed by atoms with Crippen LogP contribution in [0.2, 0.25) is 0 Å². The van der Waals surface area contributed by atoms with Gasteiger partial charge in [0, 0.05) is 23.5 Å². The highest BCUT2D eigenvalue weighted by molar-refractivity contribution is 7.99. The molecule has 2 atom stereocenters. The van der Waals surface area contributed by atoms with Gasteiger partial charge in [-0.15, -0.1) is 0 Å². The highest BCUT2D eigenvalue weighted by Crippen LogP contribution is 2.18. The van der Waals surface area contributed by atoms with Gasteiger partial charge in [0.15, 0.2) is 0 Å². The SMILES string of the molecule is CCN(CC)CCSC(C)C(C)C(N)=O. The Labute approximate surface area is 97.8 Å². The van der Waals surface area contributed by atoms with Gasteiger partial charge >= 0.3 is 0 Å². The van der Waals surface area contributed by atoms with E-state index < -0.39 is 0 Å². The van der Waals surface area contributed by atoms with Gasteiger partial charge in [0.2, 0.25) is 5.91 Å². The number of nitrogens with zero attached hydrogens (tertiary/aromatic N) is 1. The van der Waals surface area contributed by atoms with Crippen LogP contribution < -0.4 is 5.73 Å². The molecule has 0 rings (SSSR count). The number of primary amides is 1. The van der Waals surface area contributed by atoms with E-state index in [1.54, 1.807) is 0 Å². The summed E-state index contributed by atoms with van der Waals surface area (Å²) >= 11 is 1.83. The Hall–Kier alpha value is -0.220. The molecule has 3 nitrogen and oxygen atoms in total. The number of hydrogen-bond donors (Lipinski definition) is 1. The van der Waals surface area contributed by atoms with E-state index in [9.17, 15) is 4.79 Å². The third-order valence-electron chi connectivity index (χ3n) is 2.84. The molecule has 0 aliphatic carbocycles. The number of rotatable bonds is 8. The molecule has 2 N–H and O–H groups in total. The first kappa shape index (κ1) is 14.8. The van der Waals surface area contributed by atoms with E-state index in [2.05, 4.69) is 25.7 Å². The quantitative estimate of drug-likeness (QED) is 0.691. The van der Waals surface area contributed by atoms with Crippen LogP contribution in [0.4, 0.5) is 0 Å².